The van der Waals surface area contributed by atoms with E-state index < -0.39 is 12.1 Å². The van der Waals surface area contributed by atoms with E-state index in [-0.39, 0.29) is 18.5 Å². The van der Waals surface area contributed by atoms with Crippen LogP contribution in [0.3, 0.4) is 0 Å². The van der Waals surface area contributed by atoms with Crippen molar-refractivity contribution in [1.82, 2.24) is 5.32 Å². The maximum atomic E-state index is 12.5. The standard InChI is InChI=1S/C64H121NO5/c1-3-5-7-9-11-13-15-17-18-19-20-24-27-30-33-36-40-44-48-52-56-62(67)61(60-66)65-63(68)57-53-49-45-41-37-34-31-28-25-22-21-23-26-29-32-35-39-43-47-51-55-59-70-64(69)58-54-50-46-42-38-16-14-12-10-8-6-4-2/h12,14,35,39,47,51,61-62,66-67H,3-11,13,15-34,36-38,40-46,48-50,52-60H2,1-2H3,(H,65,68)/b14-12-,39-35-,51-47-. The van der Waals surface area contributed by atoms with Crippen molar-refractivity contribution < 1.29 is 24.5 Å². The lowest BCUT2D eigenvalue weighted by Gasteiger charge is -2.22. The third kappa shape index (κ3) is 55.4. The molecule has 0 aromatic heterocycles. The van der Waals surface area contributed by atoms with Gasteiger partial charge < -0.3 is 20.3 Å². The average Bonchev–Trinajstić information content (AvgIpc) is 3.36. The maximum Gasteiger partial charge on any atom is 0.305 e. The molecule has 0 rings (SSSR count). The van der Waals surface area contributed by atoms with Crippen LogP contribution >= 0.6 is 0 Å². The molecule has 0 spiro atoms. The van der Waals surface area contributed by atoms with Gasteiger partial charge in [-0.25, -0.2) is 0 Å². The van der Waals surface area contributed by atoms with Gasteiger partial charge in [0.25, 0.3) is 0 Å². The first-order valence-corrected chi connectivity index (χ1v) is 31.2. The molecule has 6 nitrogen and oxygen atoms in total. The number of carbonyl (C=O) groups excluding carboxylic acids is 2. The number of allylic oxidation sites excluding steroid dienone is 5. The van der Waals surface area contributed by atoms with E-state index in [9.17, 15) is 19.8 Å². The summed E-state index contributed by atoms with van der Waals surface area (Å²) in [4.78, 5) is 24.5. The summed E-state index contributed by atoms with van der Waals surface area (Å²) >= 11 is 0. The summed E-state index contributed by atoms with van der Waals surface area (Å²) in [7, 11) is 0. The summed E-state index contributed by atoms with van der Waals surface area (Å²) in [6.45, 7) is 4.83. The normalized spacial score (nSPS) is 12.8. The summed E-state index contributed by atoms with van der Waals surface area (Å²) in [5.74, 6) is -0.0822. The molecule has 0 aliphatic heterocycles. The highest BCUT2D eigenvalue weighted by Gasteiger charge is 2.20. The van der Waals surface area contributed by atoms with E-state index in [0.717, 1.165) is 51.4 Å². The number of aliphatic hydroxyl groups is 2. The Morgan fingerprint density at radius 2 is 0.714 bits per heavy atom. The second-order valence-corrected chi connectivity index (χ2v) is 21.4. The van der Waals surface area contributed by atoms with E-state index in [1.54, 1.807) is 0 Å². The van der Waals surface area contributed by atoms with Crippen LogP contribution < -0.4 is 5.32 Å². The predicted molar refractivity (Wildman–Crippen MR) is 306 cm³/mol. The van der Waals surface area contributed by atoms with Crippen LogP contribution in [0.25, 0.3) is 0 Å². The van der Waals surface area contributed by atoms with E-state index in [0.29, 0.717) is 25.9 Å². The van der Waals surface area contributed by atoms with E-state index in [1.807, 2.05) is 0 Å². The molecule has 6 heteroatoms. The molecule has 0 fully saturated rings. The summed E-state index contributed by atoms with van der Waals surface area (Å²) in [6, 6.07) is -0.546. The molecule has 2 atom stereocenters. The molecule has 1 amide bonds. The van der Waals surface area contributed by atoms with Crippen molar-refractivity contribution in [2.24, 2.45) is 0 Å². The first-order chi connectivity index (χ1) is 34.5. The lowest BCUT2D eigenvalue weighted by Crippen LogP contribution is -2.45. The smallest absolute Gasteiger partial charge is 0.305 e. The molecule has 2 unspecified atom stereocenters. The summed E-state index contributed by atoms with van der Waals surface area (Å²) in [6.07, 6.45) is 74.5. The van der Waals surface area contributed by atoms with Crippen LogP contribution in [0.5, 0.6) is 0 Å². The average molecular weight is 985 g/mol. The lowest BCUT2D eigenvalue weighted by molar-refractivity contribution is -0.143. The molecular formula is C64H121NO5. The molecule has 412 valence electrons. The quantitative estimate of drug-likeness (QED) is 0.0321. The van der Waals surface area contributed by atoms with Crippen LogP contribution in [0, 0.1) is 0 Å². The number of ether oxygens (including phenoxy) is 1. The summed E-state index contributed by atoms with van der Waals surface area (Å²) < 4.78 is 5.40. The third-order valence-corrected chi connectivity index (χ3v) is 14.4. The van der Waals surface area contributed by atoms with Crippen molar-refractivity contribution in [1.29, 1.82) is 0 Å². The SMILES string of the molecule is CCCCC/C=C\CCCCCCCC(=O)OCC/C=C\C/C=C\CCCCCCCCCCCCCCCCC(=O)NC(CO)C(O)CCCCCCCCCCCCCCCCCCCCCC. The van der Waals surface area contributed by atoms with Crippen LogP contribution in [-0.4, -0.2) is 47.4 Å². The minimum Gasteiger partial charge on any atom is -0.465 e. The minimum atomic E-state index is -0.669. The zero-order chi connectivity index (χ0) is 50.7. The monoisotopic (exact) mass is 984 g/mol. The highest BCUT2D eigenvalue weighted by Crippen LogP contribution is 2.18. The molecule has 3 N–H and O–H groups in total. The minimum absolute atomic E-state index is 0.0372. The second kappa shape index (κ2) is 59.6. The molecule has 0 aromatic carbocycles. The summed E-state index contributed by atoms with van der Waals surface area (Å²) in [5.41, 5.74) is 0. The molecule has 70 heavy (non-hydrogen) atoms. The van der Waals surface area contributed by atoms with Crippen molar-refractivity contribution in [2.45, 2.75) is 347 Å². The number of hydrogen-bond donors (Lipinski definition) is 3. The van der Waals surface area contributed by atoms with Crippen molar-refractivity contribution >= 4 is 11.9 Å². The fraction of sp³-hybridized carbons (Fsp3) is 0.875. The molecular weight excluding hydrogens is 863 g/mol. The fourth-order valence-electron chi connectivity index (χ4n) is 9.65. The van der Waals surface area contributed by atoms with Crippen LogP contribution in [0.15, 0.2) is 36.5 Å². The number of esters is 1. The number of amides is 1. The molecule has 0 aliphatic rings. The van der Waals surface area contributed by atoms with Gasteiger partial charge >= 0.3 is 5.97 Å². The van der Waals surface area contributed by atoms with Crippen LogP contribution in [0.1, 0.15) is 335 Å². The number of aliphatic hydroxyl groups excluding tert-OH is 2. The number of hydrogen-bond acceptors (Lipinski definition) is 5. The van der Waals surface area contributed by atoms with Gasteiger partial charge in [-0.15, -0.1) is 0 Å². The van der Waals surface area contributed by atoms with Gasteiger partial charge in [-0.05, 0) is 70.6 Å². The topological polar surface area (TPSA) is 95.9 Å². The molecule has 0 radical (unpaired) electrons. The van der Waals surface area contributed by atoms with Gasteiger partial charge in [0.1, 0.15) is 0 Å². The van der Waals surface area contributed by atoms with Gasteiger partial charge in [0.2, 0.25) is 5.91 Å². The Hall–Kier alpha value is -1.92. The highest BCUT2D eigenvalue weighted by atomic mass is 16.5. The maximum absolute atomic E-state index is 12.5. The van der Waals surface area contributed by atoms with Gasteiger partial charge in [-0.3, -0.25) is 9.59 Å². The van der Waals surface area contributed by atoms with Crippen LogP contribution in [0.4, 0.5) is 0 Å². The Balaban J connectivity index is 3.46. The zero-order valence-corrected chi connectivity index (χ0v) is 47.0. The van der Waals surface area contributed by atoms with E-state index in [2.05, 4.69) is 55.6 Å². The molecule has 0 heterocycles. The van der Waals surface area contributed by atoms with Crippen LogP contribution in [0.2, 0.25) is 0 Å². The second-order valence-electron chi connectivity index (χ2n) is 21.4. The Kier molecular flexibility index (Phi) is 58.0. The highest BCUT2D eigenvalue weighted by molar-refractivity contribution is 5.76. The fourth-order valence-corrected chi connectivity index (χ4v) is 9.65. The first-order valence-electron chi connectivity index (χ1n) is 31.2. The Morgan fingerprint density at radius 3 is 1.13 bits per heavy atom. The van der Waals surface area contributed by atoms with Gasteiger partial charge in [0.05, 0.1) is 25.4 Å². The summed E-state index contributed by atoms with van der Waals surface area (Å²) in [5, 5.41) is 23.4. The van der Waals surface area contributed by atoms with Crippen molar-refractivity contribution in [3.05, 3.63) is 36.5 Å². The zero-order valence-electron chi connectivity index (χ0n) is 47.0. The number of carbonyl (C=O) groups is 2. The molecule has 0 aliphatic carbocycles. The molecule has 0 saturated carbocycles. The number of unbranched alkanes of at least 4 members (excludes halogenated alkanes) is 41. The van der Waals surface area contributed by atoms with Crippen LogP contribution in [-0.2, 0) is 14.3 Å². The predicted octanol–water partition coefficient (Wildman–Crippen LogP) is 19.6. The third-order valence-electron chi connectivity index (χ3n) is 14.4. The van der Waals surface area contributed by atoms with Crippen molar-refractivity contribution in [3.63, 3.8) is 0 Å². The van der Waals surface area contributed by atoms with Gasteiger partial charge in [-0.1, -0.05) is 288 Å². The van der Waals surface area contributed by atoms with Gasteiger partial charge in [-0.2, -0.15) is 0 Å². The number of rotatable bonds is 58. The Labute approximate surface area is 436 Å². The van der Waals surface area contributed by atoms with Gasteiger partial charge in [0, 0.05) is 12.8 Å². The van der Waals surface area contributed by atoms with Crippen molar-refractivity contribution in [2.75, 3.05) is 13.2 Å². The Morgan fingerprint density at radius 1 is 0.400 bits per heavy atom. The van der Waals surface area contributed by atoms with Crippen molar-refractivity contribution in [3.8, 4) is 0 Å². The molecule has 0 aromatic rings. The van der Waals surface area contributed by atoms with E-state index in [1.165, 1.54) is 250 Å². The first kappa shape index (κ1) is 68.1. The largest absolute Gasteiger partial charge is 0.465 e. The number of nitrogens with one attached hydrogen (secondary N) is 1. The van der Waals surface area contributed by atoms with E-state index in [4.69, 9.17) is 4.74 Å². The molecule has 0 saturated heterocycles. The Bertz CT molecular complexity index is 1130. The molecule has 0 bridgehead atoms. The van der Waals surface area contributed by atoms with E-state index >= 15 is 0 Å². The van der Waals surface area contributed by atoms with Gasteiger partial charge in [0.15, 0.2) is 0 Å². The lowest BCUT2D eigenvalue weighted by atomic mass is 10.0.